The Morgan fingerprint density at radius 1 is 1.47 bits per heavy atom. The van der Waals surface area contributed by atoms with Gasteiger partial charge in [0.15, 0.2) is 5.06 Å². The van der Waals surface area contributed by atoms with Gasteiger partial charge in [-0.2, -0.15) is 0 Å². The number of hydrogen-bond acceptors (Lipinski definition) is 3. The van der Waals surface area contributed by atoms with E-state index in [0.717, 1.165) is 18.7 Å². The number of rotatable bonds is 3. The fraction of sp³-hybridized carbons (Fsp3) is 0.417. The van der Waals surface area contributed by atoms with E-state index < -0.39 is 11.0 Å². The molecule has 2 rings (SSSR count). The van der Waals surface area contributed by atoms with E-state index >= 15 is 0 Å². The van der Waals surface area contributed by atoms with E-state index in [1.54, 1.807) is 31.4 Å². The lowest BCUT2D eigenvalue weighted by Crippen LogP contribution is -2.29. The average Bonchev–Trinajstić information content (AvgIpc) is 2.73. The van der Waals surface area contributed by atoms with E-state index in [1.807, 2.05) is 0 Å². The minimum Gasteiger partial charge on any atom is -0.478 e. The topological polar surface area (TPSA) is 49.8 Å². The van der Waals surface area contributed by atoms with Gasteiger partial charge in [-0.15, -0.1) is 0 Å². The van der Waals surface area contributed by atoms with Crippen molar-refractivity contribution in [3.63, 3.8) is 0 Å². The lowest BCUT2D eigenvalue weighted by Gasteiger charge is -2.22. The van der Waals surface area contributed by atoms with Crippen molar-refractivity contribution < 1.29 is 14.6 Å². The van der Waals surface area contributed by atoms with Crippen molar-refractivity contribution in [2.45, 2.75) is 11.5 Å². The average molecular weight is 256 g/mol. The second-order valence-electron chi connectivity index (χ2n) is 4.11. The van der Waals surface area contributed by atoms with Crippen LogP contribution in [0.1, 0.15) is 16.8 Å². The fourth-order valence-electron chi connectivity index (χ4n) is 1.95. The molecule has 1 N–H and O–H groups in total. The number of carboxylic acids is 1. The van der Waals surface area contributed by atoms with Gasteiger partial charge in [-0.25, -0.2) is 4.79 Å². The molecule has 1 atom stereocenters. The zero-order valence-corrected chi connectivity index (χ0v) is 10.3. The molecule has 4 nitrogen and oxygen atoms in total. The molecule has 0 unspecified atom stereocenters. The van der Waals surface area contributed by atoms with E-state index in [0.29, 0.717) is 6.54 Å². The summed E-state index contributed by atoms with van der Waals surface area (Å²) >= 11 is 6.22. The first-order valence-corrected chi connectivity index (χ1v) is 5.74. The zero-order valence-electron chi connectivity index (χ0n) is 9.52. The maximum absolute atomic E-state index is 10.7. The first-order valence-electron chi connectivity index (χ1n) is 5.36. The van der Waals surface area contributed by atoms with Crippen LogP contribution in [0.25, 0.3) is 0 Å². The van der Waals surface area contributed by atoms with E-state index in [1.165, 1.54) is 0 Å². The number of anilines is 1. The standard InChI is InChI=1S/C12H14ClNO3/c1-17-12(13)6-7-14(8-12)10-4-2-9(3-5-10)11(15)16/h2-5H,6-8H2,1H3,(H,15,16)/t12-/m0/s1. The molecular formula is C12H14ClNO3. The second-order valence-corrected chi connectivity index (χ2v) is 4.80. The first kappa shape index (κ1) is 12.2. The Bertz CT molecular complexity index is 420. The normalized spacial score (nSPS) is 24.0. The highest BCUT2D eigenvalue weighted by Crippen LogP contribution is 2.32. The van der Waals surface area contributed by atoms with Crippen molar-refractivity contribution >= 4 is 23.3 Å². The minimum atomic E-state index is -0.915. The van der Waals surface area contributed by atoms with Crippen LogP contribution in [0.5, 0.6) is 0 Å². The molecule has 0 bridgehead atoms. The quantitative estimate of drug-likeness (QED) is 0.841. The van der Waals surface area contributed by atoms with Gasteiger partial charge in [-0.05, 0) is 24.3 Å². The third-order valence-electron chi connectivity index (χ3n) is 3.03. The molecular weight excluding hydrogens is 242 g/mol. The first-order chi connectivity index (χ1) is 8.04. The summed E-state index contributed by atoms with van der Waals surface area (Å²) in [6, 6.07) is 6.78. The predicted molar refractivity (Wildman–Crippen MR) is 65.8 cm³/mol. The summed E-state index contributed by atoms with van der Waals surface area (Å²) in [6.45, 7) is 1.42. The van der Waals surface area contributed by atoms with Crippen LogP contribution in [0.2, 0.25) is 0 Å². The molecule has 1 fully saturated rings. The number of carboxylic acid groups (broad SMARTS) is 1. The molecule has 0 spiro atoms. The van der Waals surface area contributed by atoms with E-state index in [-0.39, 0.29) is 5.56 Å². The van der Waals surface area contributed by atoms with Crippen LogP contribution in [-0.4, -0.2) is 36.3 Å². The zero-order chi connectivity index (χ0) is 12.5. The molecule has 0 aliphatic carbocycles. The molecule has 1 aromatic carbocycles. The maximum Gasteiger partial charge on any atom is 0.335 e. The van der Waals surface area contributed by atoms with Gasteiger partial charge in [-0.1, -0.05) is 11.6 Å². The van der Waals surface area contributed by atoms with Gasteiger partial charge in [0.1, 0.15) is 0 Å². The smallest absolute Gasteiger partial charge is 0.335 e. The summed E-state index contributed by atoms with van der Waals surface area (Å²) in [4.78, 5) is 12.8. The number of halogens is 1. The van der Waals surface area contributed by atoms with Crippen molar-refractivity contribution in [3.05, 3.63) is 29.8 Å². The number of hydrogen-bond donors (Lipinski definition) is 1. The van der Waals surface area contributed by atoms with Gasteiger partial charge in [-0.3, -0.25) is 0 Å². The molecule has 17 heavy (non-hydrogen) atoms. The molecule has 0 amide bonds. The molecule has 1 heterocycles. The van der Waals surface area contributed by atoms with Crippen LogP contribution in [0, 0.1) is 0 Å². The van der Waals surface area contributed by atoms with E-state index in [4.69, 9.17) is 21.4 Å². The minimum absolute atomic E-state index is 0.289. The Morgan fingerprint density at radius 2 is 2.12 bits per heavy atom. The molecule has 0 saturated carbocycles. The summed E-state index contributed by atoms with van der Waals surface area (Å²) in [5.41, 5.74) is 1.26. The fourth-order valence-corrected chi connectivity index (χ4v) is 2.18. The summed E-state index contributed by atoms with van der Waals surface area (Å²) in [6.07, 6.45) is 0.756. The van der Waals surface area contributed by atoms with Crippen LogP contribution in [-0.2, 0) is 4.74 Å². The number of carbonyl (C=O) groups is 1. The third-order valence-corrected chi connectivity index (χ3v) is 3.49. The number of benzene rings is 1. The highest BCUT2D eigenvalue weighted by molar-refractivity contribution is 6.23. The van der Waals surface area contributed by atoms with Gasteiger partial charge in [0, 0.05) is 25.8 Å². The van der Waals surface area contributed by atoms with Crippen molar-refractivity contribution in [1.82, 2.24) is 0 Å². The Labute approximate surface area is 105 Å². The SMILES string of the molecule is CO[C@@]1(Cl)CCN(c2ccc(C(=O)O)cc2)C1. The van der Waals surface area contributed by atoms with Crippen molar-refractivity contribution in [2.24, 2.45) is 0 Å². The number of methoxy groups -OCH3 is 1. The Kier molecular flexibility index (Phi) is 3.26. The van der Waals surface area contributed by atoms with Gasteiger partial charge >= 0.3 is 5.97 Å². The highest BCUT2D eigenvalue weighted by Gasteiger charge is 2.36. The van der Waals surface area contributed by atoms with Gasteiger partial charge in [0.2, 0.25) is 0 Å². The van der Waals surface area contributed by atoms with E-state index in [9.17, 15) is 4.79 Å². The number of nitrogens with zero attached hydrogens (tertiary/aromatic N) is 1. The number of alkyl halides is 1. The van der Waals surface area contributed by atoms with Gasteiger partial charge in [0.05, 0.1) is 12.1 Å². The monoisotopic (exact) mass is 255 g/mol. The highest BCUT2D eigenvalue weighted by atomic mass is 35.5. The summed E-state index contributed by atoms with van der Waals surface area (Å²) < 4.78 is 5.24. The number of aromatic carboxylic acids is 1. The van der Waals surface area contributed by atoms with Crippen LogP contribution >= 0.6 is 11.6 Å². The molecule has 1 saturated heterocycles. The Hall–Kier alpha value is -1.26. The largest absolute Gasteiger partial charge is 0.478 e. The molecule has 92 valence electrons. The maximum atomic E-state index is 10.7. The van der Waals surface area contributed by atoms with E-state index in [2.05, 4.69) is 4.90 Å². The van der Waals surface area contributed by atoms with Crippen LogP contribution < -0.4 is 4.90 Å². The van der Waals surface area contributed by atoms with Crippen LogP contribution in [0.15, 0.2) is 24.3 Å². The van der Waals surface area contributed by atoms with Gasteiger partial charge in [0.25, 0.3) is 0 Å². The van der Waals surface area contributed by atoms with Crippen LogP contribution in [0.3, 0.4) is 0 Å². The summed E-state index contributed by atoms with van der Waals surface area (Å²) in [7, 11) is 1.60. The lowest BCUT2D eigenvalue weighted by atomic mass is 10.2. The molecule has 5 heteroatoms. The number of ether oxygens (including phenoxy) is 1. The van der Waals surface area contributed by atoms with Crippen molar-refractivity contribution in [2.75, 3.05) is 25.1 Å². The third kappa shape index (κ3) is 2.53. The predicted octanol–water partition coefficient (Wildman–Crippen LogP) is 2.18. The molecule has 1 aromatic rings. The lowest BCUT2D eigenvalue weighted by molar-refractivity contribution is 0.0696. The molecule has 1 aliphatic heterocycles. The molecule has 0 radical (unpaired) electrons. The van der Waals surface area contributed by atoms with Crippen molar-refractivity contribution in [3.8, 4) is 0 Å². The van der Waals surface area contributed by atoms with Gasteiger partial charge < -0.3 is 14.7 Å². The molecule has 0 aromatic heterocycles. The second kappa shape index (κ2) is 4.55. The van der Waals surface area contributed by atoms with Crippen LogP contribution in [0.4, 0.5) is 5.69 Å². The van der Waals surface area contributed by atoms with Crippen molar-refractivity contribution in [1.29, 1.82) is 0 Å². The summed E-state index contributed by atoms with van der Waals surface area (Å²) in [5.74, 6) is -0.915. The Balaban J connectivity index is 2.12. The Morgan fingerprint density at radius 3 is 2.59 bits per heavy atom. The summed E-state index contributed by atoms with van der Waals surface area (Å²) in [5, 5.41) is 8.19. The molecule has 1 aliphatic rings.